The first-order valence-electron chi connectivity index (χ1n) is 9.06. The van der Waals surface area contributed by atoms with E-state index in [2.05, 4.69) is 13.8 Å². The molecule has 2 rings (SSSR count). The molecule has 28 heavy (non-hydrogen) atoms. The molecule has 0 aliphatic carbocycles. The van der Waals surface area contributed by atoms with E-state index in [0.717, 1.165) is 6.42 Å². The van der Waals surface area contributed by atoms with Crippen molar-refractivity contribution in [3.05, 3.63) is 53.1 Å². The lowest BCUT2D eigenvalue weighted by atomic mass is 9.97. The average Bonchev–Trinajstić information content (AvgIpc) is 2.75. The molecule has 0 amide bonds. The van der Waals surface area contributed by atoms with Crippen molar-refractivity contribution >= 4 is 11.8 Å². The van der Waals surface area contributed by atoms with Crippen LogP contribution in [0, 0.1) is 0 Å². The summed E-state index contributed by atoms with van der Waals surface area (Å²) < 4.78 is 20.9. The quantitative estimate of drug-likeness (QED) is 0.474. The zero-order valence-corrected chi connectivity index (χ0v) is 16.9. The highest BCUT2D eigenvalue weighted by Crippen LogP contribution is 2.39. The van der Waals surface area contributed by atoms with Gasteiger partial charge in [-0.15, -0.1) is 0 Å². The van der Waals surface area contributed by atoms with Crippen molar-refractivity contribution in [1.82, 2.24) is 0 Å². The Balaban J connectivity index is 2.10. The van der Waals surface area contributed by atoms with Gasteiger partial charge in [0.15, 0.2) is 23.9 Å². The molecule has 2 aromatic rings. The molecule has 0 heterocycles. The minimum Gasteiger partial charge on any atom is -0.493 e. The topological polar surface area (TPSA) is 71.1 Å². The molecule has 2 aromatic carbocycles. The lowest BCUT2D eigenvalue weighted by Gasteiger charge is -2.15. The Labute approximate surface area is 165 Å². The second-order valence-electron chi connectivity index (χ2n) is 6.31. The lowest BCUT2D eigenvalue weighted by molar-refractivity contribution is 0.0471. The molecule has 0 bridgehead atoms. The van der Waals surface area contributed by atoms with Gasteiger partial charge in [-0.2, -0.15) is 0 Å². The van der Waals surface area contributed by atoms with Crippen molar-refractivity contribution in [3.8, 4) is 17.2 Å². The fraction of sp³-hybridized carbons (Fsp3) is 0.364. The first-order valence-corrected chi connectivity index (χ1v) is 9.06. The number of Topliss-reactive ketones (excluding diaryl/α,β-unsaturated/α-hetero) is 1. The second-order valence-corrected chi connectivity index (χ2v) is 6.31. The van der Waals surface area contributed by atoms with Crippen LogP contribution in [0.3, 0.4) is 0 Å². The van der Waals surface area contributed by atoms with Crippen LogP contribution in [0.15, 0.2) is 36.4 Å². The summed E-state index contributed by atoms with van der Waals surface area (Å²) in [5.74, 6) is 0.377. The van der Waals surface area contributed by atoms with Crippen LogP contribution in [0.5, 0.6) is 17.2 Å². The predicted molar refractivity (Wildman–Crippen MR) is 106 cm³/mol. The number of benzene rings is 2. The van der Waals surface area contributed by atoms with Crippen molar-refractivity contribution in [3.63, 3.8) is 0 Å². The van der Waals surface area contributed by atoms with E-state index < -0.39 is 5.97 Å². The Morgan fingerprint density at radius 2 is 1.54 bits per heavy atom. The molecule has 0 aliphatic rings. The number of hydrogen-bond acceptors (Lipinski definition) is 6. The van der Waals surface area contributed by atoms with Crippen LogP contribution in [0.1, 0.15) is 52.5 Å². The number of ketones is 1. The highest BCUT2D eigenvalue weighted by atomic mass is 16.5. The van der Waals surface area contributed by atoms with E-state index in [1.165, 1.54) is 33.0 Å². The Morgan fingerprint density at radius 3 is 2.07 bits per heavy atom. The summed E-state index contributed by atoms with van der Waals surface area (Å²) in [5.41, 5.74) is 1.82. The predicted octanol–water partition coefficient (Wildman–Crippen LogP) is 4.27. The fourth-order valence-corrected chi connectivity index (χ4v) is 2.79. The number of hydrogen-bond donors (Lipinski definition) is 0. The van der Waals surface area contributed by atoms with E-state index in [4.69, 9.17) is 18.9 Å². The number of rotatable bonds is 9. The maximum absolute atomic E-state index is 12.5. The molecule has 0 aliphatic heterocycles. The maximum Gasteiger partial charge on any atom is 0.342 e. The summed E-state index contributed by atoms with van der Waals surface area (Å²) in [6, 6.07) is 10.5. The average molecular weight is 386 g/mol. The van der Waals surface area contributed by atoms with Crippen LogP contribution in [0.4, 0.5) is 0 Å². The van der Waals surface area contributed by atoms with Gasteiger partial charge in [0.05, 0.1) is 21.3 Å². The van der Waals surface area contributed by atoms with Gasteiger partial charge in [0.2, 0.25) is 5.75 Å². The first-order chi connectivity index (χ1) is 13.5. The number of carbonyl (C=O) groups is 2. The molecule has 6 nitrogen and oxygen atoms in total. The molecule has 0 radical (unpaired) electrons. The summed E-state index contributed by atoms with van der Waals surface area (Å²) in [5, 5.41) is 0. The van der Waals surface area contributed by atoms with Gasteiger partial charge in [-0.05, 0) is 30.0 Å². The van der Waals surface area contributed by atoms with Gasteiger partial charge in [0.25, 0.3) is 0 Å². The molecule has 0 N–H and O–H groups in total. The standard InChI is InChI=1S/C22H26O6/c1-6-14(2)15-7-9-16(10-8-15)18(23)13-28-22(24)17-11-12-19(25-3)21(27-5)20(17)26-4/h7-12,14H,6,13H2,1-5H3/t14-/m1/s1. The van der Waals surface area contributed by atoms with Crippen LogP contribution < -0.4 is 14.2 Å². The van der Waals surface area contributed by atoms with Gasteiger partial charge < -0.3 is 18.9 Å². The van der Waals surface area contributed by atoms with E-state index in [0.29, 0.717) is 17.2 Å². The largest absolute Gasteiger partial charge is 0.493 e. The molecule has 0 unspecified atom stereocenters. The summed E-state index contributed by atoms with van der Waals surface area (Å²) in [7, 11) is 4.35. The maximum atomic E-state index is 12.5. The molecule has 0 saturated heterocycles. The van der Waals surface area contributed by atoms with Crippen molar-refractivity contribution in [2.45, 2.75) is 26.2 Å². The highest BCUT2D eigenvalue weighted by molar-refractivity contribution is 6.00. The van der Waals surface area contributed by atoms with E-state index >= 15 is 0 Å². The smallest absolute Gasteiger partial charge is 0.342 e. The van der Waals surface area contributed by atoms with Crippen molar-refractivity contribution < 1.29 is 28.5 Å². The number of esters is 1. The molecule has 0 fully saturated rings. The Hall–Kier alpha value is -3.02. The number of ether oxygens (including phenoxy) is 4. The molecule has 0 aromatic heterocycles. The van der Waals surface area contributed by atoms with Gasteiger partial charge in [-0.3, -0.25) is 4.79 Å². The third-order valence-corrected chi connectivity index (χ3v) is 4.67. The first kappa shape index (κ1) is 21.3. The molecular weight excluding hydrogens is 360 g/mol. The number of methoxy groups -OCH3 is 3. The molecule has 1 atom stereocenters. The second kappa shape index (κ2) is 9.78. The molecule has 150 valence electrons. The Bertz CT molecular complexity index is 826. The molecule has 0 saturated carbocycles. The van der Waals surface area contributed by atoms with Gasteiger partial charge in [0.1, 0.15) is 5.56 Å². The van der Waals surface area contributed by atoms with Gasteiger partial charge in [-0.1, -0.05) is 38.1 Å². The monoisotopic (exact) mass is 386 g/mol. The van der Waals surface area contributed by atoms with Crippen molar-refractivity contribution in [1.29, 1.82) is 0 Å². The zero-order valence-electron chi connectivity index (χ0n) is 16.9. The van der Waals surface area contributed by atoms with E-state index in [9.17, 15) is 9.59 Å². The third kappa shape index (κ3) is 4.63. The molecule has 6 heteroatoms. The normalized spacial score (nSPS) is 11.5. The van der Waals surface area contributed by atoms with Crippen LogP contribution >= 0.6 is 0 Å². The van der Waals surface area contributed by atoms with E-state index in [-0.39, 0.29) is 29.5 Å². The van der Waals surface area contributed by atoms with Crippen molar-refractivity contribution in [2.75, 3.05) is 27.9 Å². The summed E-state index contributed by atoms with van der Waals surface area (Å²) >= 11 is 0. The van der Waals surface area contributed by atoms with Gasteiger partial charge in [-0.25, -0.2) is 4.79 Å². The third-order valence-electron chi connectivity index (χ3n) is 4.67. The van der Waals surface area contributed by atoms with Crippen LogP contribution in [0.2, 0.25) is 0 Å². The van der Waals surface area contributed by atoms with Gasteiger partial charge >= 0.3 is 5.97 Å². The SMILES string of the molecule is CC[C@@H](C)c1ccc(C(=O)COC(=O)c2ccc(OC)c(OC)c2OC)cc1. The Kier molecular flexibility index (Phi) is 7.44. The fourth-order valence-electron chi connectivity index (χ4n) is 2.79. The Morgan fingerprint density at radius 1 is 0.893 bits per heavy atom. The van der Waals surface area contributed by atoms with Crippen LogP contribution in [-0.2, 0) is 4.74 Å². The zero-order chi connectivity index (χ0) is 20.7. The van der Waals surface area contributed by atoms with Gasteiger partial charge in [0, 0.05) is 5.56 Å². The highest BCUT2D eigenvalue weighted by Gasteiger charge is 2.22. The number of carbonyl (C=O) groups excluding carboxylic acids is 2. The van der Waals surface area contributed by atoms with E-state index in [1.807, 2.05) is 12.1 Å². The summed E-state index contributed by atoms with van der Waals surface area (Å²) in [6.45, 7) is 3.89. The van der Waals surface area contributed by atoms with Crippen LogP contribution in [-0.4, -0.2) is 39.7 Å². The minimum atomic E-state index is -0.678. The summed E-state index contributed by atoms with van der Waals surface area (Å²) in [4.78, 5) is 24.8. The molecular formula is C22H26O6. The van der Waals surface area contributed by atoms with Crippen LogP contribution in [0.25, 0.3) is 0 Å². The molecule has 0 spiro atoms. The minimum absolute atomic E-state index is 0.153. The lowest BCUT2D eigenvalue weighted by Crippen LogP contribution is -2.15. The summed E-state index contributed by atoms with van der Waals surface area (Å²) in [6.07, 6.45) is 1.03. The van der Waals surface area contributed by atoms with E-state index in [1.54, 1.807) is 18.2 Å². The van der Waals surface area contributed by atoms with Crippen molar-refractivity contribution in [2.24, 2.45) is 0 Å².